The second kappa shape index (κ2) is 7.81. The first-order valence-electron chi connectivity index (χ1n) is 8.25. The van der Waals surface area contributed by atoms with Crippen LogP contribution in [0.5, 0.6) is 0 Å². The number of amides is 3. The molecule has 1 aliphatic carbocycles. The van der Waals surface area contributed by atoms with Gasteiger partial charge in [-0.2, -0.15) is 0 Å². The molecule has 0 atom stereocenters. The van der Waals surface area contributed by atoms with Gasteiger partial charge in [-0.3, -0.25) is 14.7 Å². The minimum atomic E-state index is -0.103. The molecule has 0 bridgehead atoms. The zero-order valence-electron chi connectivity index (χ0n) is 13.5. The number of hydrogen-bond acceptors (Lipinski definition) is 4. The van der Waals surface area contributed by atoms with Gasteiger partial charge < -0.3 is 15.5 Å². The van der Waals surface area contributed by atoms with Gasteiger partial charge in [-0.15, -0.1) is 0 Å². The lowest BCUT2D eigenvalue weighted by Crippen LogP contribution is -2.53. The van der Waals surface area contributed by atoms with Crippen LogP contribution in [0.1, 0.15) is 18.5 Å². The minimum absolute atomic E-state index is 0.0872. The van der Waals surface area contributed by atoms with E-state index in [1.807, 2.05) is 0 Å². The monoisotopic (exact) mass is 351 g/mol. The number of pyridine rings is 1. The number of carbonyl (C=O) groups excluding carboxylic acids is 2. The molecule has 24 heavy (non-hydrogen) atoms. The molecule has 1 aromatic rings. The molecule has 7 nitrogen and oxygen atoms in total. The number of halogens is 1. The standard InChI is InChI=1S/C16H22ClN5O2/c17-12-1-2-14(18-9-12)10-19-16(24)22-7-5-21(6-8-22)11-15(23)20-13-3-4-13/h1-2,9,13H,3-8,10-11H2,(H,19,24)(H,20,23). The number of nitrogens with zero attached hydrogens (tertiary/aromatic N) is 3. The van der Waals surface area contributed by atoms with Crippen molar-refractivity contribution in [3.05, 3.63) is 29.0 Å². The highest BCUT2D eigenvalue weighted by atomic mass is 35.5. The summed E-state index contributed by atoms with van der Waals surface area (Å²) in [7, 11) is 0. The molecule has 8 heteroatoms. The number of carbonyl (C=O) groups is 2. The van der Waals surface area contributed by atoms with Gasteiger partial charge >= 0.3 is 6.03 Å². The van der Waals surface area contributed by atoms with Crippen LogP contribution < -0.4 is 10.6 Å². The van der Waals surface area contributed by atoms with E-state index in [4.69, 9.17) is 11.6 Å². The summed E-state index contributed by atoms with van der Waals surface area (Å²) < 4.78 is 0. The summed E-state index contributed by atoms with van der Waals surface area (Å²) in [6.07, 6.45) is 3.76. The number of rotatable bonds is 5. The second-order valence-corrected chi connectivity index (χ2v) is 6.67. The molecule has 2 aliphatic rings. The Labute approximate surface area is 146 Å². The number of piperazine rings is 1. The first-order valence-corrected chi connectivity index (χ1v) is 8.63. The van der Waals surface area contributed by atoms with Crippen molar-refractivity contribution in [3.63, 3.8) is 0 Å². The molecular weight excluding hydrogens is 330 g/mol. The van der Waals surface area contributed by atoms with E-state index in [9.17, 15) is 9.59 Å². The number of aromatic nitrogens is 1. The van der Waals surface area contributed by atoms with Crippen LogP contribution >= 0.6 is 11.6 Å². The Hall–Kier alpha value is -1.86. The van der Waals surface area contributed by atoms with Crippen molar-refractivity contribution in [1.29, 1.82) is 0 Å². The summed E-state index contributed by atoms with van der Waals surface area (Å²) in [6.45, 7) is 3.46. The molecular formula is C16H22ClN5O2. The van der Waals surface area contributed by atoms with E-state index < -0.39 is 0 Å². The van der Waals surface area contributed by atoms with Crippen LogP contribution in [0.25, 0.3) is 0 Å². The number of urea groups is 1. The first-order chi connectivity index (χ1) is 11.6. The van der Waals surface area contributed by atoms with E-state index in [-0.39, 0.29) is 11.9 Å². The van der Waals surface area contributed by atoms with Gasteiger partial charge in [-0.1, -0.05) is 11.6 Å². The maximum absolute atomic E-state index is 12.2. The van der Waals surface area contributed by atoms with Crippen molar-refractivity contribution in [2.75, 3.05) is 32.7 Å². The van der Waals surface area contributed by atoms with E-state index in [0.717, 1.165) is 18.5 Å². The Kier molecular flexibility index (Phi) is 5.52. The van der Waals surface area contributed by atoms with Crippen LogP contribution in [0.4, 0.5) is 4.79 Å². The molecule has 0 unspecified atom stereocenters. The van der Waals surface area contributed by atoms with Crippen LogP contribution in [-0.4, -0.2) is 65.5 Å². The van der Waals surface area contributed by atoms with Crippen LogP contribution in [0.3, 0.4) is 0 Å². The minimum Gasteiger partial charge on any atom is -0.352 e. The van der Waals surface area contributed by atoms with Gasteiger partial charge in [0.2, 0.25) is 5.91 Å². The lowest BCUT2D eigenvalue weighted by atomic mass is 10.3. The summed E-state index contributed by atoms with van der Waals surface area (Å²) in [5, 5.41) is 6.43. The first kappa shape index (κ1) is 17.0. The topological polar surface area (TPSA) is 77.6 Å². The van der Waals surface area contributed by atoms with Gasteiger partial charge in [0.15, 0.2) is 0 Å². The third-order valence-electron chi connectivity index (χ3n) is 4.18. The van der Waals surface area contributed by atoms with Crippen LogP contribution in [-0.2, 0) is 11.3 Å². The SMILES string of the molecule is O=C(CN1CCN(C(=O)NCc2ccc(Cl)cn2)CC1)NC1CC1. The molecule has 2 fully saturated rings. The molecule has 1 saturated heterocycles. The van der Waals surface area contributed by atoms with Crippen LogP contribution in [0.2, 0.25) is 5.02 Å². The molecule has 1 aliphatic heterocycles. The molecule has 0 aromatic carbocycles. The summed E-state index contributed by atoms with van der Waals surface area (Å²) in [5.41, 5.74) is 0.767. The average molecular weight is 352 g/mol. The quantitative estimate of drug-likeness (QED) is 0.824. The van der Waals surface area contributed by atoms with E-state index >= 15 is 0 Å². The van der Waals surface area contributed by atoms with Crippen LogP contribution in [0, 0.1) is 0 Å². The summed E-state index contributed by atoms with van der Waals surface area (Å²) in [6, 6.07) is 3.83. The highest BCUT2D eigenvalue weighted by Gasteiger charge is 2.26. The maximum atomic E-state index is 12.2. The molecule has 130 valence electrons. The molecule has 0 radical (unpaired) electrons. The zero-order valence-corrected chi connectivity index (χ0v) is 14.3. The van der Waals surface area contributed by atoms with Crippen molar-refractivity contribution in [1.82, 2.24) is 25.4 Å². The Bertz CT molecular complexity index is 583. The van der Waals surface area contributed by atoms with E-state index in [2.05, 4.69) is 20.5 Å². The molecule has 2 N–H and O–H groups in total. The normalized spacial score (nSPS) is 18.3. The summed E-state index contributed by atoms with van der Waals surface area (Å²) >= 11 is 5.79. The Morgan fingerprint density at radius 2 is 1.96 bits per heavy atom. The molecule has 1 aromatic heterocycles. The predicted octanol–water partition coefficient (Wildman–Crippen LogP) is 0.841. The van der Waals surface area contributed by atoms with Crippen molar-refractivity contribution in [3.8, 4) is 0 Å². The fourth-order valence-corrected chi connectivity index (χ4v) is 2.71. The Morgan fingerprint density at radius 1 is 1.21 bits per heavy atom. The van der Waals surface area contributed by atoms with Crippen molar-refractivity contribution >= 4 is 23.5 Å². The second-order valence-electron chi connectivity index (χ2n) is 6.23. The van der Waals surface area contributed by atoms with E-state index in [1.54, 1.807) is 23.2 Å². The number of hydrogen-bond donors (Lipinski definition) is 2. The smallest absolute Gasteiger partial charge is 0.317 e. The third kappa shape index (κ3) is 5.07. The van der Waals surface area contributed by atoms with Gasteiger partial charge in [0.25, 0.3) is 0 Å². The van der Waals surface area contributed by atoms with Gasteiger partial charge in [-0.05, 0) is 25.0 Å². The lowest BCUT2D eigenvalue weighted by molar-refractivity contribution is -0.122. The zero-order chi connectivity index (χ0) is 16.9. The van der Waals surface area contributed by atoms with Crippen molar-refractivity contribution in [2.45, 2.75) is 25.4 Å². The van der Waals surface area contributed by atoms with Gasteiger partial charge in [-0.25, -0.2) is 4.79 Å². The maximum Gasteiger partial charge on any atom is 0.317 e. The molecule has 0 spiro atoms. The van der Waals surface area contributed by atoms with Crippen molar-refractivity contribution < 1.29 is 9.59 Å². The van der Waals surface area contributed by atoms with E-state index in [1.165, 1.54) is 0 Å². The summed E-state index contributed by atoms with van der Waals surface area (Å²) in [5.74, 6) is 0.0872. The van der Waals surface area contributed by atoms with Gasteiger partial charge in [0, 0.05) is 38.4 Å². The predicted molar refractivity (Wildman–Crippen MR) is 90.7 cm³/mol. The molecule has 1 saturated carbocycles. The Morgan fingerprint density at radius 3 is 2.58 bits per heavy atom. The van der Waals surface area contributed by atoms with Gasteiger partial charge in [0.05, 0.1) is 23.8 Å². The summed E-state index contributed by atoms with van der Waals surface area (Å²) in [4.78, 5) is 32.0. The highest BCUT2D eigenvalue weighted by Crippen LogP contribution is 2.18. The van der Waals surface area contributed by atoms with Crippen LogP contribution in [0.15, 0.2) is 18.3 Å². The van der Waals surface area contributed by atoms with Gasteiger partial charge in [0.1, 0.15) is 0 Å². The van der Waals surface area contributed by atoms with Crippen molar-refractivity contribution in [2.24, 2.45) is 0 Å². The fraction of sp³-hybridized carbons (Fsp3) is 0.562. The molecule has 3 amide bonds. The third-order valence-corrected chi connectivity index (χ3v) is 4.40. The molecule has 3 rings (SSSR count). The lowest BCUT2D eigenvalue weighted by Gasteiger charge is -2.34. The van der Waals surface area contributed by atoms with E-state index in [0.29, 0.717) is 50.3 Å². The fourth-order valence-electron chi connectivity index (χ4n) is 2.60. The Balaban J connectivity index is 1.36. The highest BCUT2D eigenvalue weighted by molar-refractivity contribution is 6.30. The average Bonchev–Trinajstić information content (AvgIpc) is 3.38. The largest absolute Gasteiger partial charge is 0.352 e. The molecule has 2 heterocycles. The number of nitrogens with one attached hydrogen (secondary N) is 2.